The number of carbonyl (C=O) groups excluding carboxylic acids is 1. The first-order valence-corrected chi connectivity index (χ1v) is 5.16. The van der Waals surface area contributed by atoms with E-state index in [1.54, 1.807) is 6.07 Å². The van der Waals surface area contributed by atoms with Gasteiger partial charge in [-0.15, -0.1) is 0 Å². The lowest BCUT2D eigenvalue weighted by Crippen LogP contribution is -2.48. The van der Waals surface area contributed by atoms with Gasteiger partial charge in [-0.1, -0.05) is 13.0 Å². The van der Waals surface area contributed by atoms with Gasteiger partial charge < -0.3 is 10.5 Å². The van der Waals surface area contributed by atoms with Gasteiger partial charge in [0.15, 0.2) is 0 Å². The molecule has 16 heavy (non-hydrogen) atoms. The first kappa shape index (κ1) is 11.1. The Hall–Kier alpha value is -1.42. The molecule has 2 atom stereocenters. The molecule has 2 unspecified atom stereocenters. The molecule has 86 valence electrons. The molecular formula is C12H14FNO2. The summed E-state index contributed by atoms with van der Waals surface area (Å²) in [6, 6.07) is 4.39. The van der Waals surface area contributed by atoms with Crippen LogP contribution in [-0.4, -0.2) is 13.1 Å². The normalized spacial score (nSPS) is 27.6. The molecule has 1 aliphatic carbocycles. The molecule has 0 bridgehead atoms. The molecule has 4 heteroatoms. The zero-order valence-electron chi connectivity index (χ0n) is 9.29. The highest BCUT2D eigenvalue weighted by molar-refractivity contribution is 5.84. The molecular weight excluding hydrogens is 209 g/mol. The summed E-state index contributed by atoms with van der Waals surface area (Å²) in [7, 11) is 1.29. The van der Waals surface area contributed by atoms with Crippen LogP contribution >= 0.6 is 0 Å². The standard InChI is InChI=1S/C12H14FNO2/c1-7-5-8-3-4-9(13)6-10(8)12(7,14)11(15)16-2/h3-4,6-7H,5,14H2,1-2H3. The third-order valence-electron chi connectivity index (χ3n) is 3.34. The fourth-order valence-electron chi connectivity index (χ4n) is 2.35. The number of carbonyl (C=O) groups is 1. The predicted molar refractivity (Wildman–Crippen MR) is 57.1 cm³/mol. The number of ether oxygens (including phenoxy) is 1. The van der Waals surface area contributed by atoms with Crippen LogP contribution in [0.5, 0.6) is 0 Å². The van der Waals surface area contributed by atoms with Crippen LogP contribution in [0.3, 0.4) is 0 Å². The van der Waals surface area contributed by atoms with Gasteiger partial charge >= 0.3 is 5.97 Å². The summed E-state index contributed by atoms with van der Waals surface area (Å²) in [6.45, 7) is 1.87. The molecule has 3 nitrogen and oxygen atoms in total. The molecule has 1 aromatic rings. The Balaban J connectivity index is 2.57. The van der Waals surface area contributed by atoms with Gasteiger partial charge in [0.2, 0.25) is 0 Å². The van der Waals surface area contributed by atoms with E-state index in [1.165, 1.54) is 19.2 Å². The molecule has 0 fully saturated rings. The number of halogens is 1. The van der Waals surface area contributed by atoms with Gasteiger partial charge in [-0.3, -0.25) is 0 Å². The number of methoxy groups -OCH3 is 1. The number of hydrogen-bond acceptors (Lipinski definition) is 3. The minimum Gasteiger partial charge on any atom is -0.467 e. The lowest BCUT2D eigenvalue weighted by atomic mass is 9.86. The number of fused-ring (bicyclic) bond motifs is 1. The molecule has 0 heterocycles. The number of esters is 1. The predicted octanol–water partition coefficient (Wildman–Crippen LogP) is 1.34. The van der Waals surface area contributed by atoms with Gasteiger partial charge in [0.1, 0.15) is 11.4 Å². The summed E-state index contributed by atoms with van der Waals surface area (Å²) in [4.78, 5) is 11.8. The molecule has 0 aromatic heterocycles. The van der Waals surface area contributed by atoms with Gasteiger partial charge in [-0.25, -0.2) is 9.18 Å². The number of rotatable bonds is 1. The number of nitrogens with two attached hydrogens (primary N) is 1. The lowest BCUT2D eigenvalue weighted by Gasteiger charge is -2.26. The highest BCUT2D eigenvalue weighted by Gasteiger charge is 2.48. The molecule has 0 saturated heterocycles. The van der Waals surface area contributed by atoms with Crippen molar-refractivity contribution in [3.05, 3.63) is 35.1 Å². The Bertz CT molecular complexity index is 447. The van der Waals surface area contributed by atoms with E-state index in [0.717, 1.165) is 5.56 Å². The number of hydrogen-bond donors (Lipinski definition) is 1. The van der Waals surface area contributed by atoms with Gasteiger partial charge in [-0.05, 0) is 35.6 Å². The molecule has 1 aromatic carbocycles. The maximum Gasteiger partial charge on any atom is 0.330 e. The Morgan fingerprint density at radius 2 is 2.31 bits per heavy atom. The fourth-order valence-corrected chi connectivity index (χ4v) is 2.35. The van der Waals surface area contributed by atoms with E-state index in [4.69, 9.17) is 10.5 Å². The van der Waals surface area contributed by atoms with Crippen molar-refractivity contribution in [2.75, 3.05) is 7.11 Å². The Kier molecular flexibility index (Phi) is 2.46. The van der Waals surface area contributed by atoms with Crippen LogP contribution in [0.2, 0.25) is 0 Å². The van der Waals surface area contributed by atoms with Gasteiger partial charge in [0.05, 0.1) is 7.11 Å². The van der Waals surface area contributed by atoms with Crippen molar-refractivity contribution >= 4 is 5.97 Å². The van der Waals surface area contributed by atoms with Crippen LogP contribution in [0.15, 0.2) is 18.2 Å². The third-order valence-corrected chi connectivity index (χ3v) is 3.34. The summed E-state index contributed by atoms with van der Waals surface area (Å²) in [5.74, 6) is -0.979. The summed E-state index contributed by atoms with van der Waals surface area (Å²) < 4.78 is 17.9. The Morgan fingerprint density at radius 1 is 1.62 bits per heavy atom. The van der Waals surface area contributed by atoms with E-state index in [2.05, 4.69) is 0 Å². The van der Waals surface area contributed by atoms with Gasteiger partial charge in [0.25, 0.3) is 0 Å². The van der Waals surface area contributed by atoms with Crippen LogP contribution in [0.1, 0.15) is 18.1 Å². The van der Waals surface area contributed by atoms with Crippen LogP contribution in [0.25, 0.3) is 0 Å². The van der Waals surface area contributed by atoms with Crippen molar-refractivity contribution in [3.8, 4) is 0 Å². The molecule has 0 aliphatic heterocycles. The van der Waals surface area contributed by atoms with Crippen molar-refractivity contribution in [2.45, 2.75) is 18.9 Å². The lowest BCUT2D eigenvalue weighted by molar-refractivity contribution is -0.149. The van der Waals surface area contributed by atoms with E-state index < -0.39 is 11.5 Å². The molecule has 0 amide bonds. The molecule has 2 rings (SSSR count). The van der Waals surface area contributed by atoms with E-state index >= 15 is 0 Å². The van der Waals surface area contributed by atoms with Gasteiger partial charge in [0, 0.05) is 0 Å². The average molecular weight is 223 g/mol. The van der Waals surface area contributed by atoms with E-state index in [9.17, 15) is 9.18 Å². The molecule has 0 spiro atoms. The van der Waals surface area contributed by atoms with E-state index in [0.29, 0.717) is 12.0 Å². The van der Waals surface area contributed by atoms with Crippen LogP contribution in [0.4, 0.5) is 4.39 Å². The topological polar surface area (TPSA) is 52.3 Å². The molecule has 2 N–H and O–H groups in total. The van der Waals surface area contributed by atoms with Crippen LogP contribution in [0, 0.1) is 11.7 Å². The molecule has 1 aliphatic rings. The second-order valence-electron chi connectivity index (χ2n) is 4.27. The minimum absolute atomic E-state index is 0.0863. The Morgan fingerprint density at radius 3 is 2.94 bits per heavy atom. The second-order valence-corrected chi connectivity index (χ2v) is 4.27. The summed E-state index contributed by atoms with van der Waals surface area (Å²) >= 11 is 0. The number of benzene rings is 1. The zero-order valence-corrected chi connectivity index (χ0v) is 9.29. The first-order chi connectivity index (χ1) is 7.50. The smallest absolute Gasteiger partial charge is 0.330 e. The van der Waals surface area contributed by atoms with Crippen molar-refractivity contribution in [3.63, 3.8) is 0 Å². The van der Waals surface area contributed by atoms with Crippen molar-refractivity contribution < 1.29 is 13.9 Å². The van der Waals surface area contributed by atoms with Crippen LogP contribution in [-0.2, 0) is 21.5 Å². The second kappa shape index (κ2) is 3.56. The molecule has 0 radical (unpaired) electrons. The fraction of sp³-hybridized carbons (Fsp3) is 0.417. The maximum absolute atomic E-state index is 13.2. The highest BCUT2D eigenvalue weighted by atomic mass is 19.1. The monoisotopic (exact) mass is 223 g/mol. The SMILES string of the molecule is COC(=O)C1(N)c2cc(F)ccc2CC1C. The van der Waals surface area contributed by atoms with E-state index in [-0.39, 0.29) is 11.7 Å². The van der Waals surface area contributed by atoms with Crippen LogP contribution < -0.4 is 5.73 Å². The average Bonchev–Trinajstić information content (AvgIpc) is 2.52. The molecule has 0 saturated carbocycles. The van der Waals surface area contributed by atoms with Crippen molar-refractivity contribution in [1.29, 1.82) is 0 Å². The third kappa shape index (κ3) is 1.33. The van der Waals surface area contributed by atoms with E-state index in [1.807, 2.05) is 6.92 Å². The quantitative estimate of drug-likeness (QED) is 0.731. The highest BCUT2D eigenvalue weighted by Crippen LogP contribution is 2.40. The summed E-state index contributed by atoms with van der Waals surface area (Å²) in [5, 5.41) is 0. The summed E-state index contributed by atoms with van der Waals surface area (Å²) in [6.07, 6.45) is 0.668. The van der Waals surface area contributed by atoms with Gasteiger partial charge in [-0.2, -0.15) is 0 Å². The summed E-state index contributed by atoms with van der Waals surface area (Å²) in [5.41, 5.74) is 6.35. The zero-order chi connectivity index (χ0) is 11.9. The minimum atomic E-state index is -1.22. The first-order valence-electron chi connectivity index (χ1n) is 5.16. The Labute approximate surface area is 93.4 Å². The maximum atomic E-state index is 13.2. The largest absolute Gasteiger partial charge is 0.467 e. The van der Waals surface area contributed by atoms with Crippen molar-refractivity contribution in [2.24, 2.45) is 11.7 Å². The van der Waals surface area contributed by atoms with Crippen molar-refractivity contribution in [1.82, 2.24) is 0 Å².